The summed E-state index contributed by atoms with van der Waals surface area (Å²) in [5.74, 6) is -0.0277. The molecule has 3 N–H and O–H groups in total. The number of carbonyl (C=O) groups excluding carboxylic acids is 1. The minimum absolute atomic E-state index is 0.0277. The summed E-state index contributed by atoms with van der Waals surface area (Å²) in [5, 5.41) is 2.93. The number of rotatable bonds is 3. The normalized spacial score (nSPS) is 20.5. The van der Waals surface area contributed by atoms with Gasteiger partial charge in [-0.3, -0.25) is 4.79 Å². The Labute approximate surface area is 97.9 Å². The van der Waals surface area contributed by atoms with Crippen LogP contribution in [0.3, 0.4) is 0 Å². The van der Waals surface area contributed by atoms with Crippen LogP contribution in [0.25, 0.3) is 0 Å². The van der Waals surface area contributed by atoms with Crippen molar-refractivity contribution in [2.24, 2.45) is 11.1 Å². The van der Waals surface area contributed by atoms with Crippen LogP contribution in [0.4, 0.5) is 0 Å². The van der Waals surface area contributed by atoms with Gasteiger partial charge in [-0.05, 0) is 24.7 Å². The Morgan fingerprint density at radius 3 is 2.44 bits per heavy atom. The molecule has 0 radical (unpaired) electrons. The fourth-order valence-corrected chi connectivity index (χ4v) is 1.69. The van der Waals surface area contributed by atoms with Gasteiger partial charge in [-0.1, -0.05) is 20.8 Å². The average Bonchev–Trinajstić information content (AvgIpc) is 2.16. The molecule has 0 aromatic rings. The number of ether oxygens (including phenoxy) is 1. The van der Waals surface area contributed by atoms with Gasteiger partial charge in [0.1, 0.15) is 0 Å². The van der Waals surface area contributed by atoms with Crippen LogP contribution in [-0.4, -0.2) is 31.2 Å². The van der Waals surface area contributed by atoms with E-state index in [1.807, 2.05) is 0 Å². The lowest BCUT2D eigenvalue weighted by atomic mass is 9.89. The molecule has 0 bridgehead atoms. The van der Waals surface area contributed by atoms with Gasteiger partial charge in [-0.25, -0.2) is 0 Å². The summed E-state index contributed by atoms with van der Waals surface area (Å²) in [6.45, 7) is 8.35. The van der Waals surface area contributed by atoms with E-state index in [0.717, 1.165) is 6.42 Å². The van der Waals surface area contributed by atoms with E-state index in [4.69, 9.17) is 10.5 Å². The lowest BCUT2D eigenvalue weighted by Crippen LogP contribution is -2.57. The topological polar surface area (TPSA) is 64.4 Å². The van der Waals surface area contributed by atoms with Gasteiger partial charge < -0.3 is 15.8 Å². The molecule has 1 heterocycles. The molecule has 0 unspecified atom stereocenters. The number of hydrogen-bond donors (Lipinski definition) is 2. The number of carbonyl (C=O) groups is 1. The van der Waals surface area contributed by atoms with Crippen molar-refractivity contribution in [3.8, 4) is 0 Å². The van der Waals surface area contributed by atoms with Crippen molar-refractivity contribution < 1.29 is 9.53 Å². The molecule has 0 atom stereocenters. The number of hydrogen-bond acceptors (Lipinski definition) is 3. The van der Waals surface area contributed by atoms with E-state index >= 15 is 0 Å². The van der Waals surface area contributed by atoms with Crippen molar-refractivity contribution >= 4 is 5.91 Å². The summed E-state index contributed by atoms with van der Waals surface area (Å²) in [7, 11) is 0. The van der Waals surface area contributed by atoms with Crippen molar-refractivity contribution in [1.29, 1.82) is 0 Å². The van der Waals surface area contributed by atoms with Gasteiger partial charge in [-0.2, -0.15) is 0 Å². The van der Waals surface area contributed by atoms with Crippen LogP contribution in [0.1, 0.15) is 40.0 Å². The Morgan fingerprint density at radius 1 is 1.38 bits per heavy atom. The first-order valence-corrected chi connectivity index (χ1v) is 5.98. The maximum Gasteiger partial charge on any atom is 0.240 e. The minimum atomic E-state index is -0.712. The zero-order valence-corrected chi connectivity index (χ0v) is 10.6. The Balaban J connectivity index is 2.34. The van der Waals surface area contributed by atoms with E-state index in [9.17, 15) is 4.79 Å². The van der Waals surface area contributed by atoms with Crippen molar-refractivity contribution in [3.63, 3.8) is 0 Å². The number of nitrogens with two attached hydrogens (primary N) is 1. The van der Waals surface area contributed by atoms with Gasteiger partial charge in [0, 0.05) is 19.8 Å². The lowest BCUT2D eigenvalue weighted by Gasteiger charge is -2.32. The lowest BCUT2D eigenvalue weighted by molar-refractivity contribution is -0.129. The van der Waals surface area contributed by atoms with Crippen molar-refractivity contribution in [3.05, 3.63) is 0 Å². The van der Waals surface area contributed by atoms with E-state index in [-0.39, 0.29) is 11.3 Å². The molecule has 4 heteroatoms. The molecule has 1 fully saturated rings. The van der Waals surface area contributed by atoms with Gasteiger partial charge in [0.15, 0.2) is 0 Å². The SMILES string of the molecule is CC(C)(C)CCNC(=O)C1(N)CCOCC1. The number of amides is 1. The van der Waals surface area contributed by atoms with Crippen LogP contribution in [0.2, 0.25) is 0 Å². The average molecular weight is 228 g/mol. The van der Waals surface area contributed by atoms with E-state index in [1.165, 1.54) is 0 Å². The molecule has 1 saturated heterocycles. The summed E-state index contributed by atoms with van der Waals surface area (Å²) < 4.78 is 5.21. The third-order valence-corrected chi connectivity index (χ3v) is 3.00. The highest BCUT2D eigenvalue weighted by molar-refractivity contribution is 5.86. The highest BCUT2D eigenvalue weighted by atomic mass is 16.5. The van der Waals surface area contributed by atoms with Crippen molar-refractivity contribution in [2.45, 2.75) is 45.6 Å². The molecular formula is C12H24N2O2. The van der Waals surface area contributed by atoms with Crippen LogP contribution in [-0.2, 0) is 9.53 Å². The first-order valence-electron chi connectivity index (χ1n) is 5.98. The van der Waals surface area contributed by atoms with Gasteiger partial charge in [0.25, 0.3) is 0 Å². The third kappa shape index (κ3) is 4.10. The van der Waals surface area contributed by atoms with Crippen molar-refractivity contribution in [2.75, 3.05) is 19.8 Å². The molecule has 0 aromatic heterocycles. The largest absolute Gasteiger partial charge is 0.381 e. The van der Waals surface area contributed by atoms with E-state index in [1.54, 1.807) is 0 Å². The van der Waals surface area contributed by atoms with Gasteiger partial charge >= 0.3 is 0 Å². The van der Waals surface area contributed by atoms with Crippen LogP contribution in [0, 0.1) is 5.41 Å². The molecule has 0 aliphatic carbocycles. The second-order valence-electron chi connectivity index (χ2n) is 5.84. The molecular weight excluding hydrogens is 204 g/mol. The summed E-state index contributed by atoms with van der Waals surface area (Å²) in [5.41, 5.74) is 5.59. The van der Waals surface area contributed by atoms with E-state index in [0.29, 0.717) is 32.6 Å². The smallest absolute Gasteiger partial charge is 0.240 e. The molecule has 1 amide bonds. The third-order valence-electron chi connectivity index (χ3n) is 3.00. The molecule has 4 nitrogen and oxygen atoms in total. The molecule has 0 spiro atoms. The fourth-order valence-electron chi connectivity index (χ4n) is 1.69. The summed E-state index contributed by atoms with van der Waals surface area (Å²) >= 11 is 0. The maximum atomic E-state index is 11.9. The molecule has 16 heavy (non-hydrogen) atoms. The standard InChI is InChI=1S/C12H24N2O2/c1-11(2,3)4-7-14-10(15)12(13)5-8-16-9-6-12/h4-9,13H2,1-3H3,(H,14,15). The molecule has 1 aliphatic rings. The maximum absolute atomic E-state index is 11.9. The zero-order valence-electron chi connectivity index (χ0n) is 10.6. The predicted octanol–water partition coefficient (Wildman–Crippen LogP) is 1.05. The van der Waals surface area contributed by atoms with E-state index < -0.39 is 5.54 Å². The molecule has 1 aliphatic heterocycles. The second-order valence-corrected chi connectivity index (χ2v) is 5.84. The minimum Gasteiger partial charge on any atom is -0.381 e. The first kappa shape index (κ1) is 13.5. The predicted molar refractivity (Wildman–Crippen MR) is 64.1 cm³/mol. The summed E-state index contributed by atoms with van der Waals surface area (Å²) in [6.07, 6.45) is 2.20. The van der Waals surface area contributed by atoms with Crippen LogP contribution in [0.15, 0.2) is 0 Å². The molecule has 0 saturated carbocycles. The van der Waals surface area contributed by atoms with Crippen molar-refractivity contribution in [1.82, 2.24) is 5.32 Å². The highest BCUT2D eigenvalue weighted by Crippen LogP contribution is 2.19. The quantitative estimate of drug-likeness (QED) is 0.759. The van der Waals surface area contributed by atoms with Gasteiger partial charge in [0.05, 0.1) is 5.54 Å². The van der Waals surface area contributed by atoms with Gasteiger partial charge in [0.2, 0.25) is 5.91 Å². The summed E-state index contributed by atoms with van der Waals surface area (Å²) in [6, 6.07) is 0. The zero-order chi connectivity index (χ0) is 12.2. The van der Waals surface area contributed by atoms with Crippen LogP contribution < -0.4 is 11.1 Å². The Bertz CT molecular complexity index is 240. The molecule has 94 valence electrons. The van der Waals surface area contributed by atoms with E-state index in [2.05, 4.69) is 26.1 Å². The second kappa shape index (κ2) is 5.15. The monoisotopic (exact) mass is 228 g/mol. The Hall–Kier alpha value is -0.610. The summed E-state index contributed by atoms with van der Waals surface area (Å²) in [4.78, 5) is 11.9. The van der Waals surface area contributed by atoms with Crippen LogP contribution in [0.5, 0.6) is 0 Å². The fraction of sp³-hybridized carbons (Fsp3) is 0.917. The Morgan fingerprint density at radius 2 is 1.94 bits per heavy atom. The first-order chi connectivity index (χ1) is 7.33. The Kier molecular flexibility index (Phi) is 4.33. The number of nitrogens with one attached hydrogen (secondary N) is 1. The molecule has 0 aromatic carbocycles. The van der Waals surface area contributed by atoms with Crippen LogP contribution >= 0.6 is 0 Å². The highest BCUT2D eigenvalue weighted by Gasteiger charge is 2.35. The molecule has 1 rings (SSSR count). The van der Waals surface area contributed by atoms with Gasteiger partial charge in [-0.15, -0.1) is 0 Å².